The van der Waals surface area contributed by atoms with Crippen molar-refractivity contribution < 1.29 is 18.0 Å². The van der Waals surface area contributed by atoms with Gasteiger partial charge in [-0.3, -0.25) is 19.3 Å². The lowest BCUT2D eigenvalue weighted by Gasteiger charge is -2.20. The first kappa shape index (κ1) is 22.2. The monoisotopic (exact) mass is 462 g/mol. The minimum absolute atomic E-state index is 0.0947. The summed E-state index contributed by atoms with van der Waals surface area (Å²) >= 11 is 0. The van der Waals surface area contributed by atoms with E-state index in [1.165, 1.54) is 25.1 Å². The van der Waals surface area contributed by atoms with Crippen molar-refractivity contribution in [2.75, 3.05) is 15.0 Å². The van der Waals surface area contributed by atoms with Crippen LogP contribution in [0.5, 0.6) is 0 Å². The first-order valence-corrected chi connectivity index (χ1v) is 11.7. The van der Waals surface area contributed by atoms with E-state index in [4.69, 9.17) is 0 Å². The van der Waals surface area contributed by atoms with E-state index in [-0.39, 0.29) is 22.8 Å². The minimum atomic E-state index is -3.76. The number of rotatable bonds is 7. The van der Waals surface area contributed by atoms with Gasteiger partial charge in [-0.15, -0.1) is 0 Å². The Bertz CT molecular complexity index is 1310. The summed E-state index contributed by atoms with van der Waals surface area (Å²) in [6.45, 7) is 1.47. The summed E-state index contributed by atoms with van der Waals surface area (Å²) in [5.41, 5.74) is 1.64. The van der Waals surface area contributed by atoms with Gasteiger partial charge in [0.05, 0.1) is 16.3 Å². The second-order valence-electron chi connectivity index (χ2n) is 7.51. The number of nitrogens with one attached hydrogen (secondary N) is 2. The molecule has 0 saturated heterocycles. The van der Waals surface area contributed by atoms with E-state index < -0.39 is 22.0 Å². The number of ketones is 1. The minimum Gasteiger partial charge on any atom is -0.321 e. The standard InChI is InChI=1S/C24H22N4O4S/c1-17(29)23-16-22(26-28(23)20-11-4-2-5-12-20)24(30)25-18-9-8-10-19(15-18)27-33(31,32)21-13-6-3-7-14-21/h2-15,23,27H,16H2,1H3,(H,25,30). The SMILES string of the molecule is CC(=O)C1CC(C(=O)Nc2cccc(NS(=O)(=O)c3ccccc3)c2)=NN1c1ccccc1. The number of anilines is 3. The normalized spacial score (nSPS) is 15.6. The van der Waals surface area contributed by atoms with Gasteiger partial charge in [0, 0.05) is 12.1 Å². The number of carbonyl (C=O) groups is 2. The molecular weight excluding hydrogens is 440 g/mol. The Labute approximate surface area is 192 Å². The molecule has 1 atom stereocenters. The summed E-state index contributed by atoms with van der Waals surface area (Å²) < 4.78 is 27.6. The Morgan fingerprint density at radius 3 is 2.21 bits per heavy atom. The van der Waals surface area contributed by atoms with Crippen molar-refractivity contribution in [3.8, 4) is 0 Å². The van der Waals surface area contributed by atoms with E-state index in [0.717, 1.165) is 5.69 Å². The lowest BCUT2D eigenvalue weighted by Crippen LogP contribution is -2.33. The van der Waals surface area contributed by atoms with Crippen molar-refractivity contribution in [1.29, 1.82) is 0 Å². The number of nitrogens with zero attached hydrogens (tertiary/aromatic N) is 2. The van der Waals surface area contributed by atoms with Crippen LogP contribution in [-0.2, 0) is 19.6 Å². The molecule has 0 aromatic heterocycles. The Kier molecular flexibility index (Phi) is 6.23. The smallest absolute Gasteiger partial charge is 0.271 e. The molecule has 3 aromatic carbocycles. The first-order chi connectivity index (χ1) is 15.8. The molecule has 1 amide bonds. The molecule has 0 fully saturated rings. The van der Waals surface area contributed by atoms with Crippen LogP contribution in [0.2, 0.25) is 0 Å². The number of amides is 1. The molecule has 3 aromatic rings. The zero-order valence-corrected chi connectivity index (χ0v) is 18.6. The fourth-order valence-electron chi connectivity index (χ4n) is 3.46. The first-order valence-electron chi connectivity index (χ1n) is 10.2. The highest BCUT2D eigenvalue weighted by atomic mass is 32.2. The molecule has 1 aliphatic rings. The molecule has 168 valence electrons. The molecule has 0 bridgehead atoms. The van der Waals surface area contributed by atoms with E-state index >= 15 is 0 Å². The number of hydrogen-bond acceptors (Lipinski definition) is 6. The molecular formula is C24H22N4O4S. The van der Waals surface area contributed by atoms with E-state index in [2.05, 4.69) is 15.1 Å². The van der Waals surface area contributed by atoms with Crippen molar-refractivity contribution in [2.45, 2.75) is 24.3 Å². The lowest BCUT2D eigenvalue weighted by molar-refractivity contribution is -0.118. The number of hydrogen-bond donors (Lipinski definition) is 2. The molecule has 1 heterocycles. The zero-order chi connectivity index (χ0) is 23.4. The van der Waals surface area contributed by atoms with Crippen molar-refractivity contribution in [3.05, 3.63) is 84.9 Å². The molecule has 0 spiro atoms. The average molecular weight is 463 g/mol. The van der Waals surface area contributed by atoms with Gasteiger partial charge in [0.2, 0.25) is 0 Å². The molecule has 9 heteroatoms. The topological polar surface area (TPSA) is 108 Å². The molecule has 0 radical (unpaired) electrons. The van der Waals surface area contributed by atoms with E-state index in [1.807, 2.05) is 30.3 Å². The molecule has 0 aliphatic carbocycles. The number of carbonyl (C=O) groups excluding carboxylic acids is 2. The fourth-order valence-corrected chi connectivity index (χ4v) is 4.53. The molecule has 0 saturated carbocycles. The Hall–Kier alpha value is -3.98. The number of Topliss-reactive ketones (excluding diaryl/α,β-unsaturated/α-hetero) is 1. The Balaban J connectivity index is 1.50. The van der Waals surface area contributed by atoms with Crippen molar-refractivity contribution in [1.82, 2.24) is 0 Å². The van der Waals surface area contributed by atoms with Crippen LogP contribution in [0.1, 0.15) is 13.3 Å². The number of hydrazone groups is 1. The highest BCUT2D eigenvalue weighted by Gasteiger charge is 2.34. The van der Waals surface area contributed by atoms with Crippen molar-refractivity contribution in [2.24, 2.45) is 5.10 Å². The van der Waals surface area contributed by atoms with Crippen LogP contribution in [0.15, 0.2) is 94.9 Å². The molecule has 2 N–H and O–H groups in total. The van der Waals surface area contributed by atoms with Crippen molar-refractivity contribution >= 4 is 44.5 Å². The maximum Gasteiger partial charge on any atom is 0.271 e. The highest BCUT2D eigenvalue weighted by Crippen LogP contribution is 2.26. The summed E-state index contributed by atoms with van der Waals surface area (Å²) in [6.07, 6.45) is 0.177. The Morgan fingerprint density at radius 1 is 0.909 bits per heavy atom. The third-order valence-electron chi connectivity index (χ3n) is 5.09. The third-order valence-corrected chi connectivity index (χ3v) is 6.49. The van der Waals surface area contributed by atoms with Gasteiger partial charge in [0.1, 0.15) is 11.8 Å². The van der Waals surface area contributed by atoms with E-state index in [9.17, 15) is 18.0 Å². The van der Waals surface area contributed by atoms with Gasteiger partial charge in [0.15, 0.2) is 5.78 Å². The second-order valence-corrected chi connectivity index (χ2v) is 9.19. The number of sulfonamides is 1. The quantitative estimate of drug-likeness (QED) is 0.557. The maximum absolute atomic E-state index is 12.9. The number of benzene rings is 3. The summed E-state index contributed by atoms with van der Waals surface area (Å²) in [4.78, 5) is 25.1. The van der Waals surface area contributed by atoms with E-state index in [0.29, 0.717) is 11.4 Å². The summed E-state index contributed by atoms with van der Waals surface area (Å²) in [5, 5.41) is 8.68. The van der Waals surface area contributed by atoms with Gasteiger partial charge in [-0.2, -0.15) is 5.10 Å². The predicted octanol–water partition coefficient (Wildman–Crippen LogP) is 3.65. The molecule has 8 nitrogen and oxygen atoms in total. The van der Waals surface area contributed by atoms with Crippen LogP contribution in [0, 0.1) is 0 Å². The highest BCUT2D eigenvalue weighted by molar-refractivity contribution is 7.92. The fraction of sp³-hybridized carbons (Fsp3) is 0.125. The second kappa shape index (κ2) is 9.25. The van der Waals surface area contributed by atoms with Gasteiger partial charge < -0.3 is 5.32 Å². The molecule has 33 heavy (non-hydrogen) atoms. The maximum atomic E-state index is 12.9. The summed E-state index contributed by atoms with van der Waals surface area (Å²) in [6, 6.07) is 23.0. The zero-order valence-electron chi connectivity index (χ0n) is 17.8. The van der Waals surface area contributed by atoms with Crippen molar-refractivity contribution in [3.63, 3.8) is 0 Å². The number of para-hydroxylation sites is 1. The summed E-state index contributed by atoms with van der Waals surface area (Å²) in [5.74, 6) is -0.550. The van der Waals surface area contributed by atoms with Crippen LogP contribution < -0.4 is 15.0 Å². The largest absolute Gasteiger partial charge is 0.321 e. The van der Waals surface area contributed by atoms with Crippen LogP contribution >= 0.6 is 0 Å². The van der Waals surface area contributed by atoms with Gasteiger partial charge in [0.25, 0.3) is 15.9 Å². The van der Waals surface area contributed by atoms with Crippen LogP contribution in [0.25, 0.3) is 0 Å². The average Bonchev–Trinajstić information content (AvgIpc) is 3.26. The van der Waals surface area contributed by atoms with Gasteiger partial charge in [-0.25, -0.2) is 8.42 Å². The van der Waals surface area contributed by atoms with Gasteiger partial charge in [-0.05, 0) is 49.4 Å². The molecule has 4 rings (SSSR count). The Morgan fingerprint density at radius 2 is 1.55 bits per heavy atom. The molecule has 1 unspecified atom stereocenters. The van der Waals surface area contributed by atoms with Gasteiger partial charge >= 0.3 is 0 Å². The van der Waals surface area contributed by atoms with Crippen LogP contribution in [0.4, 0.5) is 17.1 Å². The van der Waals surface area contributed by atoms with Crippen LogP contribution in [-0.4, -0.2) is 31.9 Å². The molecule has 1 aliphatic heterocycles. The summed E-state index contributed by atoms with van der Waals surface area (Å²) in [7, 11) is -3.76. The van der Waals surface area contributed by atoms with Crippen LogP contribution in [0.3, 0.4) is 0 Å². The third kappa shape index (κ3) is 5.09. The predicted molar refractivity (Wildman–Crippen MR) is 128 cm³/mol. The lowest BCUT2D eigenvalue weighted by atomic mass is 10.1. The van der Waals surface area contributed by atoms with E-state index in [1.54, 1.807) is 41.4 Å². The van der Waals surface area contributed by atoms with Gasteiger partial charge in [-0.1, -0.05) is 42.5 Å².